The van der Waals surface area contributed by atoms with Gasteiger partial charge >= 0.3 is 0 Å². The van der Waals surface area contributed by atoms with E-state index in [4.69, 9.17) is 0 Å². The predicted octanol–water partition coefficient (Wildman–Crippen LogP) is 4.71. The third-order valence-corrected chi connectivity index (χ3v) is 4.94. The van der Waals surface area contributed by atoms with E-state index in [-0.39, 0.29) is 29.8 Å². The second-order valence-electron chi connectivity index (χ2n) is 7.09. The van der Waals surface area contributed by atoms with Crippen LogP contribution in [0.25, 0.3) is 11.0 Å². The number of halogens is 2. The van der Waals surface area contributed by atoms with Gasteiger partial charge in [0.2, 0.25) is 0 Å². The lowest BCUT2D eigenvalue weighted by Gasteiger charge is -2.12. The SMILES string of the molecule is CN=C(NCc1ccc(Cn2cnc3ccccc32)cc1)NCc1cccc(F)c1.I. The zero-order chi connectivity index (χ0) is 20.8. The van der Waals surface area contributed by atoms with E-state index in [1.165, 1.54) is 17.7 Å². The van der Waals surface area contributed by atoms with Gasteiger partial charge < -0.3 is 15.2 Å². The number of nitrogens with one attached hydrogen (secondary N) is 2. The number of hydrogen-bond donors (Lipinski definition) is 2. The molecule has 4 rings (SSSR count). The molecule has 160 valence electrons. The second kappa shape index (κ2) is 10.9. The van der Waals surface area contributed by atoms with E-state index < -0.39 is 0 Å². The van der Waals surface area contributed by atoms with E-state index in [0.29, 0.717) is 19.0 Å². The fourth-order valence-electron chi connectivity index (χ4n) is 3.33. The summed E-state index contributed by atoms with van der Waals surface area (Å²) in [5.74, 6) is 0.439. The summed E-state index contributed by atoms with van der Waals surface area (Å²) in [6.07, 6.45) is 1.88. The summed E-state index contributed by atoms with van der Waals surface area (Å²) >= 11 is 0. The first-order valence-corrected chi connectivity index (χ1v) is 9.88. The molecule has 0 radical (unpaired) electrons. The average Bonchev–Trinajstić information content (AvgIpc) is 3.18. The highest BCUT2D eigenvalue weighted by atomic mass is 127. The molecule has 0 atom stereocenters. The van der Waals surface area contributed by atoms with Gasteiger partial charge in [-0.25, -0.2) is 9.37 Å². The van der Waals surface area contributed by atoms with Crippen LogP contribution in [0.2, 0.25) is 0 Å². The summed E-state index contributed by atoms with van der Waals surface area (Å²) in [6, 6.07) is 23.2. The zero-order valence-electron chi connectivity index (χ0n) is 17.3. The molecule has 3 aromatic carbocycles. The van der Waals surface area contributed by atoms with Crippen LogP contribution in [0.3, 0.4) is 0 Å². The lowest BCUT2D eigenvalue weighted by molar-refractivity contribution is 0.624. The standard InChI is InChI=1S/C24H24FN5.HI/c1-26-24(28-15-20-5-4-6-21(25)13-20)27-14-18-9-11-19(12-10-18)16-30-17-29-22-7-2-3-8-23(22)30;/h2-13,17H,14-16H2,1H3,(H2,26,27,28);1H. The molecule has 0 amide bonds. The highest BCUT2D eigenvalue weighted by molar-refractivity contribution is 14.0. The van der Waals surface area contributed by atoms with Crippen molar-refractivity contribution < 1.29 is 4.39 Å². The molecule has 0 aliphatic carbocycles. The van der Waals surface area contributed by atoms with Crippen LogP contribution >= 0.6 is 24.0 Å². The summed E-state index contributed by atoms with van der Waals surface area (Å²) in [7, 11) is 1.72. The first kappa shape index (κ1) is 22.7. The Bertz CT molecular complexity index is 1150. The number of hydrogen-bond acceptors (Lipinski definition) is 2. The number of aliphatic imine (C=N–C) groups is 1. The van der Waals surface area contributed by atoms with Gasteiger partial charge in [-0.05, 0) is 41.0 Å². The summed E-state index contributed by atoms with van der Waals surface area (Å²) in [5.41, 5.74) is 5.39. The molecule has 0 saturated carbocycles. The fourth-order valence-corrected chi connectivity index (χ4v) is 3.33. The molecule has 1 heterocycles. The van der Waals surface area contributed by atoms with E-state index in [2.05, 4.69) is 55.5 Å². The van der Waals surface area contributed by atoms with Crippen LogP contribution in [0.4, 0.5) is 4.39 Å². The molecule has 1 aromatic heterocycles. The summed E-state index contributed by atoms with van der Waals surface area (Å²) in [5, 5.41) is 6.49. The molecule has 0 aliphatic heterocycles. The normalized spacial score (nSPS) is 11.2. The quantitative estimate of drug-likeness (QED) is 0.216. The van der Waals surface area contributed by atoms with Crippen molar-refractivity contribution in [3.05, 3.63) is 102 Å². The zero-order valence-corrected chi connectivity index (χ0v) is 19.6. The van der Waals surface area contributed by atoms with E-state index in [1.807, 2.05) is 30.6 Å². The first-order chi connectivity index (χ1) is 14.7. The number of rotatable bonds is 6. The van der Waals surface area contributed by atoms with Crippen molar-refractivity contribution >= 4 is 41.0 Å². The van der Waals surface area contributed by atoms with E-state index in [9.17, 15) is 4.39 Å². The lowest BCUT2D eigenvalue weighted by atomic mass is 10.1. The Hall–Kier alpha value is -2.94. The molecule has 31 heavy (non-hydrogen) atoms. The molecule has 0 aliphatic rings. The molecule has 0 fully saturated rings. The van der Waals surface area contributed by atoms with Gasteiger partial charge in [-0.1, -0.05) is 48.5 Å². The van der Waals surface area contributed by atoms with Gasteiger partial charge in [0.05, 0.1) is 17.4 Å². The van der Waals surface area contributed by atoms with Gasteiger partial charge in [-0.2, -0.15) is 0 Å². The smallest absolute Gasteiger partial charge is 0.191 e. The van der Waals surface area contributed by atoms with Crippen molar-refractivity contribution in [3.8, 4) is 0 Å². The van der Waals surface area contributed by atoms with Crippen LogP contribution in [-0.2, 0) is 19.6 Å². The largest absolute Gasteiger partial charge is 0.352 e. The van der Waals surface area contributed by atoms with Crippen molar-refractivity contribution in [3.63, 3.8) is 0 Å². The lowest BCUT2D eigenvalue weighted by Crippen LogP contribution is -2.36. The van der Waals surface area contributed by atoms with E-state index >= 15 is 0 Å². The van der Waals surface area contributed by atoms with Gasteiger partial charge in [-0.15, -0.1) is 24.0 Å². The fraction of sp³-hybridized carbons (Fsp3) is 0.167. The highest BCUT2D eigenvalue weighted by Gasteiger charge is 2.04. The monoisotopic (exact) mass is 529 g/mol. The number of aromatic nitrogens is 2. The maximum absolute atomic E-state index is 13.3. The maximum Gasteiger partial charge on any atom is 0.191 e. The Kier molecular flexibility index (Phi) is 8.00. The summed E-state index contributed by atoms with van der Waals surface area (Å²) in [6.45, 7) is 1.94. The van der Waals surface area contributed by atoms with Crippen molar-refractivity contribution in [2.24, 2.45) is 4.99 Å². The topological polar surface area (TPSA) is 54.2 Å². The Morgan fingerprint density at radius 1 is 0.903 bits per heavy atom. The van der Waals surface area contributed by atoms with Crippen LogP contribution < -0.4 is 10.6 Å². The number of nitrogens with zero attached hydrogens (tertiary/aromatic N) is 3. The number of imidazole rings is 1. The third-order valence-electron chi connectivity index (χ3n) is 4.94. The Labute approximate surface area is 198 Å². The third kappa shape index (κ3) is 6.04. The average molecular weight is 529 g/mol. The summed E-state index contributed by atoms with van der Waals surface area (Å²) < 4.78 is 15.4. The number of fused-ring (bicyclic) bond motifs is 1. The van der Waals surface area contributed by atoms with E-state index in [0.717, 1.165) is 28.7 Å². The molecular weight excluding hydrogens is 504 g/mol. The van der Waals surface area contributed by atoms with Gasteiger partial charge in [0.15, 0.2) is 5.96 Å². The molecule has 7 heteroatoms. The van der Waals surface area contributed by atoms with Crippen LogP contribution in [0.15, 0.2) is 84.1 Å². The van der Waals surface area contributed by atoms with Gasteiger partial charge in [0.1, 0.15) is 5.82 Å². The van der Waals surface area contributed by atoms with Gasteiger partial charge in [0.25, 0.3) is 0 Å². The molecule has 0 unspecified atom stereocenters. The molecule has 5 nitrogen and oxygen atoms in total. The minimum atomic E-state index is -0.235. The van der Waals surface area contributed by atoms with Gasteiger partial charge in [0, 0.05) is 26.7 Å². The summed E-state index contributed by atoms with van der Waals surface area (Å²) in [4.78, 5) is 8.67. The second-order valence-corrected chi connectivity index (χ2v) is 7.09. The predicted molar refractivity (Wildman–Crippen MR) is 134 cm³/mol. The van der Waals surface area contributed by atoms with Crippen LogP contribution in [0, 0.1) is 5.82 Å². The molecule has 4 aromatic rings. The number of benzene rings is 3. The Balaban J connectivity index is 0.00000272. The first-order valence-electron chi connectivity index (χ1n) is 9.88. The van der Waals surface area contributed by atoms with Crippen LogP contribution in [0.1, 0.15) is 16.7 Å². The molecular formula is C24H25FIN5. The maximum atomic E-state index is 13.3. The molecule has 0 spiro atoms. The highest BCUT2D eigenvalue weighted by Crippen LogP contribution is 2.14. The van der Waals surface area contributed by atoms with Crippen molar-refractivity contribution in [1.29, 1.82) is 0 Å². The minimum absolute atomic E-state index is 0. The van der Waals surface area contributed by atoms with E-state index in [1.54, 1.807) is 13.1 Å². The molecule has 0 bridgehead atoms. The number of para-hydroxylation sites is 2. The van der Waals surface area contributed by atoms with Crippen LogP contribution in [0.5, 0.6) is 0 Å². The van der Waals surface area contributed by atoms with Crippen LogP contribution in [-0.4, -0.2) is 22.6 Å². The van der Waals surface area contributed by atoms with Gasteiger partial charge in [-0.3, -0.25) is 4.99 Å². The molecule has 0 saturated heterocycles. The van der Waals surface area contributed by atoms with Crippen molar-refractivity contribution in [1.82, 2.24) is 20.2 Å². The van der Waals surface area contributed by atoms with Crippen molar-refractivity contribution in [2.45, 2.75) is 19.6 Å². The Morgan fingerprint density at radius 2 is 1.61 bits per heavy atom. The number of guanidine groups is 1. The van der Waals surface area contributed by atoms with Crippen molar-refractivity contribution in [2.75, 3.05) is 7.05 Å². The Morgan fingerprint density at radius 3 is 2.35 bits per heavy atom. The minimum Gasteiger partial charge on any atom is -0.352 e. The molecule has 2 N–H and O–H groups in total.